The standard InChI is InChI=1S/C26H33NO2S/c1-7-8-16-25(20(2)3)27(17-12-15-24-13-10-9-11-14-24)30(28,29)26-22(5)18-21(4)19-23(26)6/h7,9-16,18-20,25H,17H2,1-6H3/b15-12+/t8?,25-/m1/s1. The van der Waals surface area contributed by atoms with Crippen molar-refractivity contribution in [2.24, 2.45) is 5.92 Å². The smallest absolute Gasteiger partial charge is 0.207 e. The molecule has 0 aromatic heterocycles. The van der Waals surface area contributed by atoms with Gasteiger partial charge in [0, 0.05) is 6.54 Å². The molecule has 4 heteroatoms. The van der Waals surface area contributed by atoms with Crippen molar-refractivity contribution in [2.75, 3.05) is 6.54 Å². The minimum atomic E-state index is -3.71. The van der Waals surface area contributed by atoms with Crippen molar-refractivity contribution in [1.29, 1.82) is 0 Å². The van der Waals surface area contributed by atoms with E-state index in [1.807, 2.05) is 108 Å². The SMILES string of the molecule is CC=C=C[C@H](C(C)C)N(C/C=C/c1ccccc1)S(=O)(=O)c1c(C)cc(C)cc1C. The van der Waals surface area contributed by atoms with Crippen molar-refractivity contribution < 1.29 is 8.42 Å². The topological polar surface area (TPSA) is 37.4 Å². The first-order chi connectivity index (χ1) is 14.2. The molecule has 30 heavy (non-hydrogen) atoms. The van der Waals surface area contributed by atoms with Crippen molar-refractivity contribution >= 4 is 16.1 Å². The molecule has 0 radical (unpaired) electrons. The van der Waals surface area contributed by atoms with Gasteiger partial charge in [-0.05, 0) is 62.5 Å². The van der Waals surface area contributed by atoms with Crippen molar-refractivity contribution in [3.8, 4) is 0 Å². The predicted molar refractivity (Wildman–Crippen MR) is 127 cm³/mol. The maximum Gasteiger partial charge on any atom is 0.244 e. The second-order valence-electron chi connectivity index (χ2n) is 7.97. The van der Waals surface area contributed by atoms with Crippen molar-refractivity contribution in [2.45, 2.75) is 52.5 Å². The lowest BCUT2D eigenvalue weighted by molar-refractivity contribution is 0.324. The molecule has 160 valence electrons. The molecule has 0 N–H and O–H groups in total. The van der Waals surface area contributed by atoms with Gasteiger partial charge in [-0.1, -0.05) is 74.0 Å². The van der Waals surface area contributed by atoms with Crippen molar-refractivity contribution in [3.05, 3.63) is 88.7 Å². The molecule has 0 saturated heterocycles. The molecule has 0 saturated carbocycles. The molecule has 2 aromatic rings. The van der Waals surface area contributed by atoms with E-state index in [1.165, 1.54) is 0 Å². The Labute approximate surface area is 182 Å². The fourth-order valence-corrected chi connectivity index (χ4v) is 5.80. The van der Waals surface area contributed by atoms with Crippen LogP contribution in [-0.4, -0.2) is 25.3 Å². The minimum absolute atomic E-state index is 0.100. The fourth-order valence-electron chi connectivity index (χ4n) is 3.73. The third-order valence-corrected chi connectivity index (χ3v) is 7.19. The summed E-state index contributed by atoms with van der Waals surface area (Å²) in [5.41, 5.74) is 6.77. The number of hydrogen-bond donors (Lipinski definition) is 0. The molecule has 2 rings (SSSR count). The van der Waals surface area contributed by atoms with Gasteiger partial charge < -0.3 is 0 Å². The normalized spacial score (nSPS) is 12.9. The molecule has 3 nitrogen and oxygen atoms in total. The molecule has 0 aliphatic carbocycles. The zero-order valence-corrected chi connectivity index (χ0v) is 19.7. The van der Waals surface area contributed by atoms with E-state index in [1.54, 1.807) is 4.31 Å². The average Bonchev–Trinajstić information content (AvgIpc) is 2.66. The Morgan fingerprint density at radius 1 is 1.03 bits per heavy atom. The molecule has 0 aliphatic heterocycles. The first-order valence-electron chi connectivity index (χ1n) is 10.4. The third-order valence-electron chi connectivity index (χ3n) is 5.02. The van der Waals surface area contributed by atoms with Gasteiger partial charge in [0.1, 0.15) is 0 Å². The summed E-state index contributed by atoms with van der Waals surface area (Å²) in [7, 11) is -3.71. The Bertz CT molecular complexity index is 1020. The van der Waals surface area contributed by atoms with E-state index in [0.29, 0.717) is 4.90 Å². The number of aryl methyl sites for hydroxylation is 3. The highest BCUT2D eigenvalue weighted by Crippen LogP contribution is 2.28. The summed E-state index contributed by atoms with van der Waals surface area (Å²) in [5.74, 6) is 0.100. The Morgan fingerprint density at radius 2 is 1.63 bits per heavy atom. The van der Waals surface area contributed by atoms with Gasteiger partial charge in [0.25, 0.3) is 0 Å². The molecule has 0 aliphatic rings. The zero-order chi connectivity index (χ0) is 22.3. The van der Waals surface area contributed by atoms with E-state index < -0.39 is 10.0 Å². The molecule has 0 bridgehead atoms. The van der Waals surface area contributed by atoms with Gasteiger partial charge in [-0.15, -0.1) is 5.73 Å². The molecule has 1 atom stereocenters. The van der Waals surface area contributed by atoms with Gasteiger partial charge in [-0.25, -0.2) is 8.42 Å². The maximum absolute atomic E-state index is 13.9. The van der Waals surface area contributed by atoms with Gasteiger partial charge in [-0.2, -0.15) is 4.31 Å². The van der Waals surface area contributed by atoms with Crippen LogP contribution < -0.4 is 0 Å². The second-order valence-corrected chi connectivity index (χ2v) is 9.80. The predicted octanol–water partition coefficient (Wildman–Crippen LogP) is 6.07. The lowest BCUT2D eigenvalue weighted by Gasteiger charge is -2.31. The van der Waals surface area contributed by atoms with Gasteiger partial charge >= 0.3 is 0 Å². The Morgan fingerprint density at radius 3 is 2.17 bits per heavy atom. The van der Waals surface area contributed by atoms with Gasteiger partial charge in [0.2, 0.25) is 10.0 Å². The third kappa shape index (κ3) is 5.82. The van der Waals surface area contributed by atoms with Crippen LogP contribution in [0.15, 0.2) is 71.3 Å². The summed E-state index contributed by atoms with van der Waals surface area (Å²) in [6.45, 7) is 12.0. The average molecular weight is 424 g/mol. The largest absolute Gasteiger partial charge is 0.244 e. The summed E-state index contributed by atoms with van der Waals surface area (Å²) in [5, 5.41) is 0. The highest BCUT2D eigenvalue weighted by Gasteiger charge is 2.33. The molecule has 0 fully saturated rings. The number of benzene rings is 2. The molecule has 0 unspecified atom stereocenters. The maximum atomic E-state index is 13.9. The Hall–Kier alpha value is -2.39. The van der Waals surface area contributed by atoms with Crippen LogP contribution >= 0.6 is 0 Å². The van der Waals surface area contributed by atoms with Crippen LogP contribution in [0.3, 0.4) is 0 Å². The summed E-state index contributed by atoms with van der Waals surface area (Å²) in [6, 6.07) is 13.5. The van der Waals surface area contributed by atoms with Crippen molar-refractivity contribution in [3.63, 3.8) is 0 Å². The fraction of sp³-hybridized carbons (Fsp3) is 0.346. The first-order valence-corrected chi connectivity index (χ1v) is 11.8. The number of nitrogens with zero attached hydrogens (tertiary/aromatic N) is 1. The lowest BCUT2D eigenvalue weighted by Crippen LogP contribution is -2.42. The zero-order valence-electron chi connectivity index (χ0n) is 18.9. The van der Waals surface area contributed by atoms with Crippen LogP contribution in [0.1, 0.15) is 43.0 Å². The van der Waals surface area contributed by atoms with Crippen molar-refractivity contribution in [1.82, 2.24) is 4.31 Å². The minimum Gasteiger partial charge on any atom is -0.207 e. The van der Waals surface area contributed by atoms with E-state index in [0.717, 1.165) is 22.3 Å². The Balaban J connectivity index is 2.56. The second kappa shape index (κ2) is 10.6. The number of sulfonamides is 1. The summed E-state index contributed by atoms with van der Waals surface area (Å²) >= 11 is 0. The first kappa shape index (κ1) is 23.9. The highest BCUT2D eigenvalue weighted by atomic mass is 32.2. The number of hydrogen-bond acceptors (Lipinski definition) is 2. The van der Waals surface area contributed by atoms with E-state index >= 15 is 0 Å². The van der Waals surface area contributed by atoms with Crippen LogP contribution in [0.4, 0.5) is 0 Å². The van der Waals surface area contributed by atoms with E-state index in [9.17, 15) is 8.42 Å². The quantitative estimate of drug-likeness (QED) is 0.483. The van der Waals surface area contributed by atoms with Gasteiger partial charge in [0.15, 0.2) is 0 Å². The molecule has 2 aromatic carbocycles. The molecular weight excluding hydrogens is 390 g/mol. The molecule has 0 spiro atoms. The molecule has 0 heterocycles. The van der Waals surface area contributed by atoms with Crippen LogP contribution in [0.2, 0.25) is 0 Å². The molecular formula is C26H33NO2S. The van der Waals surface area contributed by atoms with Gasteiger partial charge in [0.05, 0.1) is 10.9 Å². The monoisotopic (exact) mass is 423 g/mol. The van der Waals surface area contributed by atoms with E-state index in [-0.39, 0.29) is 18.5 Å². The summed E-state index contributed by atoms with van der Waals surface area (Å²) < 4.78 is 29.3. The van der Waals surface area contributed by atoms with Crippen LogP contribution in [0, 0.1) is 26.7 Å². The Kier molecular flexibility index (Phi) is 8.43. The summed E-state index contributed by atoms with van der Waals surface area (Å²) in [4.78, 5) is 0.403. The van der Waals surface area contributed by atoms with Crippen LogP contribution in [0.25, 0.3) is 6.08 Å². The molecule has 0 amide bonds. The van der Waals surface area contributed by atoms with Crippen LogP contribution in [0.5, 0.6) is 0 Å². The lowest BCUT2D eigenvalue weighted by atomic mass is 10.0. The summed E-state index contributed by atoms with van der Waals surface area (Å²) in [6.07, 6.45) is 7.55. The number of rotatable bonds is 8. The van der Waals surface area contributed by atoms with E-state index in [4.69, 9.17) is 0 Å². The van der Waals surface area contributed by atoms with E-state index in [2.05, 4.69) is 5.73 Å². The highest BCUT2D eigenvalue weighted by molar-refractivity contribution is 7.89. The van der Waals surface area contributed by atoms with Crippen LogP contribution in [-0.2, 0) is 10.0 Å². The van der Waals surface area contributed by atoms with Gasteiger partial charge in [-0.3, -0.25) is 0 Å².